The molecule has 30 heavy (non-hydrogen) atoms. The van der Waals surface area contributed by atoms with Gasteiger partial charge in [0.1, 0.15) is 0 Å². The molecule has 1 aliphatic heterocycles. The summed E-state index contributed by atoms with van der Waals surface area (Å²) >= 11 is -0.401. The fraction of sp³-hybridized carbons (Fsp3) is 0.706. The van der Waals surface area contributed by atoms with Crippen LogP contribution in [0.25, 0.3) is 0 Å². The Labute approximate surface area is 189 Å². The molecule has 167 valence electrons. The molecule has 12 nitrogen and oxygen atoms in total. The Morgan fingerprint density at radius 1 is 0.933 bits per heavy atom. The number of rotatable bonds is 6. The molecule has 0 amide bonds. The topological polar surface area (TPSA) is 161 Å². The normalized spacial score (nSPS) is 27.6. The van der Waals surface area contributed by atoms with E-state index in [1.54, 1.807) is 0 Å². The zero-order valence-electron chi connectivity index (χ0n) is 17.7. The number of carbonyl (C=O) groups excluding carboxylic acids is 4. The van der Waals surface area contributed by atoms with Gasteiger partial charge in [0.05, 0.1) is 0 Å². The molecule has 0 aromatic rings. The molecule has 13 heteroatoms. The van der Waals surface area contributed by atoms with Gasteiger partial charge in [0.15, 0.2) is 0 Å². The monoisotopic (exact) mass is 623 g/mol. The molecule has 0 saturated carbocycles. The number of hydrogen-bond donors (Lipinski definition) is 1. The Balaban J connectivity index is 0.00000192. The molecule has 0 aromatic carbocycles. The van der Waals surface area contributed by atoms with E-state index < -0.39 is 83.7 Å². The SMILES string of the molecule is CC(=O)O.COC1OC(COC(C)=O)C(OC(C)=O)C(OC(C)=O)[C]1([Hg])OC(C)=O. The molecule has 1 heterocycles. The van der Waals surface area contributed by atoms with Crippen molar-refractivity contribution in [3.8, 4) is 0 Å². The zero-order chi connectivity index (χ0) is 23.6. The van der Waals surface area contributed by atoms with E-state index in [1.807, 2.05) is 0 Å². The molecule has 1 N–H and O–H groups in total. The van der Waals surface area contributed by atoms with Gasteiger partial charge in [-0.15, -0.1) is 0 Å². The molecule has 1 aliphatic rings. The minimum atomic E-state index is -1.42. The van der Waals surface area contributed by atoms with Gasteiger partial charge >= 0.3 is 167 Å². The summed E-state index contributed by atoms with van der Waals surface area (Å²) in [5.41, 5.74) is 0. The number of esters is 4. The number of hydrogen-bond acceptors (Lipinski definition) is 11. The van der Waals surface area contributed by atoms with Gasteiger partial charge in [-0.05, 0) is 0 Å². The van der Waals surface area contributed by atoms with Crippen LogP contribution >= 0.6 is 0 Å². The van der Waals surface area contributed by atoms with Crippen molar-refractivity contribution in [1.82, 2.24) is 0 Å². The van der Waals surface area contributed by atoms with Gasteiger partial charge in [-0.25, -0.2) is 0 Å². The summed E-state index contributed by atoms with van der Waals surface area (Å²) in [5.74, 6) is -3.38. The molecule has 0 spiro atoms. The van der Waals surface area contributed by atoms with Crippen molar-refractivity contribution in [1.29, 1.82) is 0 Å². The first kappa shape index (κ1) is 28.2. The average molecular weight is 622 g/mol. The maximum absolute atomic E-state index is 11.6. The van der Waals surface area contributed by atoms with E-state index in [9.17, 15) is 19.2 Å². The summed E-state index contributed by atoms with van der Waals surface area (Å²) in [6.45, 7) is 5.55. The van der Waals surface area contributed by atoms with Crippen LogP contribution in [0.3, 0.4) is 0 Å². The third-order valence-corrected chi connectivity index (χ3v) is 6.86. The molecule has 1 rings (SSSR count). The fourth-order valence-corrected chi connectivity index (χ4v) is 5.64. The first-order valence-corrected chi connectivity index (χ1v) is 11.4. The van der Waals surface area contributed by atoms with Crippen LogP contribution in [0, 0.1) is 0 Å². The third kappa shape index (κ3) is 9.35. The molecule has 0 aromatic heterocycles. The number of aliphatic carboxylic acids is 1. The van der Waals surface area contributed by atoms with E-state index in [2.05, 4.69) is 0 Å². The van der Waals surface area contributed by atoms with Crippen molar-refractivity contribution in [2.75, 3.05) is 13.7 Å². The molecular formula is C17H25HgO12. The van der Waals surface area contributed by atoms with Crippen LogP contribution in [0.4, 0.5) is 0 Å². The third-order valence-electron chi connectivity index (χ3n) is 3.44. The quantitative estimate of drug-likeness (QED) is 0.234. The molecule has 1 fully saturated rings. The standard InChI is InChI=1S/C15H21O10.C2H4O2.Hg/c1-7(16)21-6-11-12(22-8(2)17)13(23-9(3)18)14(24-10(4)19)15(20-5)25-11;1-2(3)4;/h11-13,15H,6H2,1-5H3;1H3,(H,3,4);. The van der Waals surface area contributed by atoms with Crippen LogP contribution in [-0.4, -0.2) is 76.4 Å². The molecule has 0 bridgehead atoms. The van der Waals surface area contributed by atoms with E-state index in [0.717, 1.165) is 6.92 Å². The summed E-state index contributed by atoms with van der Waals surface area (Å²) in [7, 11) is 1.33. The molecule has 5 unspecified atom stereocenters. The molecule has 1 saturated heterocycles. The van der Waals surface area contributed by atoms with Gasteiger partial charge in [0.25, 0.3) is 5.97 Å². The van der Waals surface area contributed by atoms with Crippen LogP contribution in [0.2, 0.25) is 0 Å². The van der Waals surface area contributed by atoms with Gasteiger partial charge in [-0.2, -0.15) is 0 Å². The molecule has 0 radical (unpaired) electrons. The van der Waals surface area contributed by atoms with Gasteiger partial charge in [0, 0.05) is 6.92 Å². The number of carbonyl (C=O) groups is 5. The minimum absolute atomic E-state index is 0.269. The van der Waals surface area contributed by atoms with Gasteiger partial charge in [0.2, 0.25) is 0 Å². The second kappa shape index (κ2) is 12.8. The molecule has 0 aliphatic carbocycles. The van der Waals surface area contributed by atoms with E-state index in [1.165, 1.54) is 34.8 Å². The summed E-state index contributed by atoms with van der Waals surface area (Å²) in [4.78, 5) is 55.0. The molecule has 5 atom stereocenters. The first-order valence-electron chi connectivity index (χ1n) is 8.65. The Morgan fingerprint density at radius 3 is 1.80 bits per heavy atom. The van der Waals surface area contributed by atoms with Gasteiger partial charge < -0.3 is 5.11 Å². The maximum atomic E-state index is 11.6. The van der Waals surface area contributed by atoms with Crippen molar-refractivity contribution in [3.05, 3.63) is 0 Å². The van der Waals surface area contributed by atoms with Gasteiger partial charge in [-0.1, -0.05) is 0 Å². The van der Waals surface area contributed by atoms with E-state index in [4.69, 9.17) is 38.3 Å². The fourth-order valence-electron chi connectivity index (χ4n) is 2.60. The summed E-state index contributed by atoms with van der Waals surface area (Å²) in [6, 6.07) is 0. The van der Waals surface area contributed by atoms with Crippen LogP contribution in [0.1, 0.15) is 34.6 Å². The predicted octanol–water partition coefficient (Wildman–Crippen LogP) is -0.319. The zero-order valence-corrected chi connectivity index (χ0v) is 23.2. The number of ether oxygens (including phenoxy) is 6. The average Bonchev–Trinajstić information content (AvgIpc) is 2.55. The first-order chi connectivity index (χ1) is 13.7. The number of carboxylic acid groups (broad SMARTS) is 1. The van der Waals surface area contributed by atoms with Crippen LogP contribution in [0.5, 0.6) is 0 Å². The Bertz CT molecular complexity index is 647. The van der Waals surface area contributed by atoms with Crippen LogP contribution < -0.4 is 0 Å². The second-order valence-electron chi connectivity index (χ2n) is 6.22. The van der Waals surface area contributed by atoms with Crippen molar-refractivity contribution in [2.45, 2.75) is 62.3 Å². The van der Waals surface area contributed by atoms with E-state index in [-0.39, 0.29) is 6.61 Å². The summed E-state index contributed by atoms with van der Waals surface area (Å²) in [6.07, 6.45) is -4.40. The van der Waals surface area contributed by atoms with Gasteiger partial charge in [-0.3, -0.25) is 4.79 Å². The van der Waals surface area contributed by atoms with Crippen LogP contribution in [-0.2, 0) is 78.5 Å². The Hall–Kier alpha value is -1.79. The van der Waals surface area contributed by atoms with Crippen LogP contribution in [0.15, 0.2) is 0 Å². The number of carboxylic acids is 1. The molecular weight excluding hydrogens is 597 g/mol. The summed E-state index contributed by atoms with van der Waals surface area (Å²) in [5, 5.41) is 7.42. The summed E-state index contributed by atoms with van der Waals surface area (Å²) < 4.78 is 30.6. The predicted molar refractivity (Wildman–Crippen MR) is 91.2 cm³/mol. The second-order valence-corrected chi connectivity index (χ2v) is 10.5. The van der Waals surface area contributed by atoms with E-state index >= 15 is 0 Å². The number of methoxy groups -OCH3 is 1. The van der Waals surface area contributed by atoms with Crippen molar-refractivity contribution >= 4 is 29.8 Å². The van der Waals surface area contributed by atoms with Crippen molar-refractivity contribution in [2.24, 2.45) is 0 Å². The van der Waals surface area contributed by atoms with Crippen molar-refractivity contribution < 1.29 is 83.6 Å². The Morgan fingerprint density at radius 2 is 1.43 bits per heavy atom. The van der Waals surface area contributed by atoms with E-state index in [0.29, 0.717) is 0 Å². The van der Waals surface area contributed by atoms with Crippen molar-refractivity contribution in [3.63, 3.8) is 0 Å². The Kier molecular flexibility index (Phi) is 12.0.